The van der Waals surface area contributed by atoms with E-state index >= 15 is 0 Å². The molecule has 0 heterocycles. The third-order valence-electron chi connectivity index (χ3n) is 2.87. The number of carbonyl (C=O) groups is 1. The number of aliphatic hydroxyl groups excluding tert-OH is 1. The summed E-state index contributed by atoms with van der Waals surface area (Å²) in [5, 5.41) is 15.5. The molecule has 5 heteroatoms. The fraction of sp³-hybridized carbons (Fsp3) is 0.909. The topological polar surface area (TPSA) is 70.6 Å². The van der Waals surface area contributed by atoms with E-state index in [9.17, 15) is 9.90 Å². The Balaban J connectivity index is 1.99. The highest BCUT2D eigenvalue weighted by Gasteiger charge is 2.24. The summed E-state index contributed by atoms with van der Waals surface area (Å²) in [6.45, 7) is 1.72. The van der Waals surface area contributed by atoms with Crippen LogP contribution in [0.5, 0.6) is 0 Å². The zero-order valence-corrected chi connectivity index (χ0v) is 9.87. The Labute approximate surface area is 96.6 Å². The second-order valence-electron chi connectivity index (χ2n) is 4.15. The molecule has 2 atom stereocenters. The highest BCUT2D eigenvalue weighted by Crippen LogP contribution is 2.18. The summed E-state index contributed by atoms with van der Waals surface area (Å²) < 4.78 is 4.83. The average molecular weight is 230 g/mol. The number of amides is 1. The predicted octanol–water partition coefficient (Wildman–Crippen LogP) is -0.358. The van der Waals surface area contributed by atoms with Gasteiger partial charge in [-0.05, 0) is 19.3 Å². The summed E-state index contributed by atoms with van der Waals surface area (Å²) in [5.74, 6) is 0.0250. The van der Waals surface area contributed by atoms with Crippen molar-refractivity contribution in [2.75, 3.05) is 26.8 Å². The van der Waals surface area contributed by atoms with E-state index in [0.29, 0.717) is 26.1 Å². The molecule has 16 heavy (non-hydrogen) atoms. The number of nitrogens with one attached hydrogen (secondary N) is 2. The number of ether oxygens (including phenoxy) is 1. The average Bonchev–Trinajstić information content (AvgIpc) is 2.65. The first-order valence-electron chi connectivity index (χ1n) is 5.91. The van der Waals surface area contributed by atoms with Crippen molar-refractivity contribution in [1.82, 2.24) is 10.6 Å². The summed E-state index contributed by atoms with van der Waals surface area (Å²) in [4.78, 5) is 11.3. The number of hydrogen-bond acceptors (Lipinski definition) is 4. The summed E-state index contributed by atoms with van der Waals surface area (Å²) in [5.41, 5.74) is 0. The highest BCUT2D eigenvalue weighted by molar-refractivity contribution is 5.76. The maximum Gasteiger partial charge on any atom is 0.221 e. The van der Waals surface area contributed by atoms with Gasteiger partial charge in [0.05, 0.1) is 12.7 Å². The zero-order valence-electron chi connectivity index (χ0n) is 9.87. The van der Waals surface area contributed by atoms with Crippen molar-refractivity contribution in [3.8, 4) is 0 Å². The number of aliphatic hydroxyl groups is 1. The molecule has 94 valence electrons. The molecule has 0 aromatic carbocycles. The number of carbonyl (C=O) groups excluding carboxylic acids is 1. The minimum atomic E-state index is -0.239. The van der Waals surface area contributed by atoms with Gasteiger partial charge in [0.15, 0.2) is 0 Å². The van der Waals surface area contributed by atoms with Crippen molar-refractivity contribution >= 4 is 5.91 Å². The van der Waals surface area contributed by atoms with E-state index in [2.05, 4.69) is 10.6 Å². The van der Waals surface area contributed by atoms with Gasteiger partial charge < -0.3 is 20.5 Å². The van der Waals surface area contributed by atoms with Crippen LogP contribution in [0.15, 0.2) is 0 Å². The Hall–Kier alpha value is -0.650. The quantitative estimate of drug-likeness (QED) is 0.522. The summed E-state index contributed by atoms with van der Waals surface area (Å²) >= 11 is 0. The molecule has 1 saturated carbocycles. The summed E-state index contributed by atoms with van der Waals surface area (Å²) in [6.07, 6.45) is 3.16. The molecule has 0 saturated heterocycles. The number of methoxy groups -OCH3 is 1. The van der Waals surface area contributed by atoms with Crippen molar-refractivity contribution in [2.24, 2.45) is 0 Å². The Morgan fingerprint density at radius 1 is 1.44 bits per heavy atom. The standard InChI is InChI=1S/C11H22N2O3/c1-16-8-7-13-11(15)5-6-12-9-3-2-4-10(9)14/h9-10,12,14H,2-8H2,1H3,(H,13,15)/t9-,10-/m1/s1. The van der Waals surface area contributed by atoms with Crippen molar-refractivity contribution in [3.63, 3.8) is 0 Å². The highest BCUT2D eigenvalue weighted by atomic mass is 16.5. The summed E-state index contributed by atoms with van der Waals surface area (Å²) in [7, 11) is 1.61. The van der Waals surface area contributed by atoms with E-state index in [1.807, 2.05) is 0 Å². The lowest BCUT2D eigenvalue weighted by atomic mass is 10.2. The fourth-order valence-electron chi connectivity index (χ4n) is 1.93. The lowest BCUT2D eigenvalue weighted by Gasteiger charge is -2.15. The Morgan fingerprint density at radius 2 is 2.25 bits per heavy atom. The Morgan fingerprint density at radius 3 is 2.88 bits per heavy atom. The smallest absolute Gasteiger partial charge is 0.221 e. The summed E-state index contributed by atoms with van der Waals surface area (Å²) in [6, 6.07) is 0.173. The molecule has 1 aliphatic carbocycles. The van der Waals surface area contributed by atoms with Crippen molar-refractivity contribution in [2.45, 2.75) is 37.8 Å². The third-order valence-corrected chi connectivity index (χ3v) is 2.87. The molecule has 1 aliphatic rings. The van der Waals surface area contributed by atoms with Crippen LogP contribution in [0.1, 0.15) is 25.7 Å². The van der Waals surface area contributed by atoms with Crippen LogP contribution in [0.3, 0.4) is 0 Å². The van der Waals surface area contributed by atoms with E-state index in [-0.39, 0.29) is 18.1 Å². The van der Waals surface area contributed by atoms with Gasteiger partial charge in [0.25, 0.3) is 0 Å². The number of hydrogen-bond donors (Lipinski definition) is 3. The van der Waals surface area contributed by atoms with Crippen LogP contribution in [0, 0.1) is 0 Å². The van der Waals surface area contributed by atoms with Crippen molar-refractivity contribution in [1.29, 1.82) is 0 Å². The molecule has 0 unspecified atom stereocenters. The SMILES string of the molecule is COCCNC(=O)CCN[C@@H]1CCC[C@H]1O. The molecule has 3 N–H and O–H groups in total. The lowest BCUT2D eigenvalue weighted by Crippen LogP contribution is -2.38. The Kier molecular flexibility index (Phi) is 6.37. The second-order valence-corrected chi connectivity index (χ2v) is 4.15. The first-order valence-corrected chi connectivity index (χ1v) is 5.91. The lowest BCUT2D eigenvalue weighted by molar-refractivity contribution is -0.121. The third kappa shape index (κ3) is 4.92. The molecule has 1 rings (SSSR count). The van der Waals surface area contributed by atoms with Crippen LogP contribution in [-0.4, -0.2) is 50.0 Å². The van der Waals surface area contributed by atoms with E-state index in [4.69, 9.17) is 4.74 Å². The van der Waals surface area contributed by atoms with Gasteiger partial charge in [0, 0.05) is 32.7 Å². The first kappa shape index (κ1) is 13.4. The molecule has 0 aromatic rings. The van der Waals surface area contributed by atoms with E-state index in [1.165, 1.54) is 0 Å². The van der Waals surface area contributed by atoms with Crippen LogP contribution in [0.2, 0.25) is 0 Å². The molecule has 0 spiro atoms. The Bertz CT molecular complexity index is 211. The van der Waals surface area contributed by atoms with Crippen LogP contribution < -0.4 is 10.6 Å². The molecular weight excluding hydrogens is 208 g/mol. The zero-order chi connectivity index (χ0) is 11.8. The van der Waals surface area contributed by atoms with Gasteiger partial charge in [0.2, 0.25) is 5.91 Å². The van der Waals surface area contributed by atoms with E-state index in [0.717, 1.165) is 19.3 Å². The van der Waals surface area contributed by atoms with Crippen LogP contribution in [0.4, 0.5) is 0 Å². The van der Waals surface area contributed by atoms with E-state index in [1.54, 1.807) is 7.11 Å². The molecule has 0 aromatic heterocycles. The van der Waals surface area contributed by atoms with Crippen molar-refractivity contribution in [3.05, 3.63) is 0 Å². The minimum Gasteiger partial charge on any atom is -0.392 e. The van der Waals surface area contributed by atoms with Gasteiger partial charge >= 0.3 is 0 Å². The van der Waals surface area contributed by atoms with Crippen LogP contribution >= 0.6 is 0 Å². The van der Waals surface area contributed by atoms with Gasteiger partial charge in [0.1, 0.15) is 0 Å². The van der Waals surface area contributed by atoms with Gasteiger partial charge in [-0.15, -0.1) is 0 Å². The van der Waals surface area contributed by atoms with Crippen molar-refractivity contribution < 1.29 is 14.6 Å². The minimum absolute atomic E-state index is 0.0250. The van der Waals surface area contributed by atoms with Gasteiger partial charge in [-0.1, -0.05) is 0 Å². The largest absolute Gasteiger partial charge is 0.392 e. The molecule has 0 radical (unpaired) electrons. The molecule has 1 fully saturated rings. The maximum atomic E-state index is 11.3. The normalized spacial score (nSPS) is 24.6. The fourth-order valence-corrected chi connectivity index (χ4v) is 1.93. The second kappa shape index (κ2) is 7.60. The predicted molar refractivity (Wildman–Crippen MR) is 61.2 cm³/mol. The van der Waals surface area contributed by atoms with Gasteiger partial charge in [-0.2, -0.15) is 0 Å². The maximum absolute atomic E-state index is 11.3. The first-order chi connectivity index (χ1) is 7.74. The molecular formula is C11H22N2O3. The monoisotopic (exact) mass is 230 g/mol. The van der Waals surface area contributed by atoms with E-state index < -0.39 is 0 Å². The molecule has 0 bridgehead atoms. The van der Waals surface area contributed by atoms with Gasteiger partial charge in [-0.25, -0.2) is 0 Å². The van der Waals surface area contributed by atoms with Crippen LogP contribution in [0.25, 0.3) is 0 Å². The molecule has 0 aliphatic heterocycles. The molecule has 5 nitrogen and oxygen atoms in total. The molecule has 1 amide bonds. The van der Waals surface area contributed by atoms with Gasteiger partial charge in [-0.3, -0.25) is 4.79 Å². The van der Waals surface area contributed by atoms with Crippen LogP contribution in [-0.2, 0) is 9.53 Å². The number of rotatable bonds is 7.